The van der Waals surface area contributed by atoms with Gasteiger partial charge in [0.2, 0.25) is 0 Å². The van der Waals surface area contributed by atoms with Crippen LogP contribution < -0.4 is 0 Å². The highest BCUT2D eigenvalue weighted by molar-refractivity contribution is 5.38. The van der Waals surface area contributed by atoms with Crippen LogP contribution in [0.25, 0.3) is 0 Å². The number of rotatable bonds is 8. The molecule has 0 radical (unpaired) electrons. The molecular weight excluding hydrogens is 412 g/mol. The lowest BCUT2D eigenvalue weighted by Crippen LogP contribution is -2.39. The molecule has 4 nitrogen and oxygen atoms in total. The molecule has 3 aliphatic rings. The normalized spacial score (nSPS) is 38.7. The van der Waals surface area contributed by atoms with Gasteiger partial charge in [0.1, 0.15) is 0 Å². The SMILES string of the molecule is C=C1/C(=C/C=C2\C[C@H](CCO)C[C@]3(C)[C@@H]([C@H](C)CCCC(C)(C)O)CC[C@@H]23)C[C@@H](O)C[C@@H]1O. The summed E-state index contributed by atoms with van der Waals surface area (Å²) in [5.41, 5.74) is 2.83. The molecule has 3 rings (SSSR count). The molecular formula is C29H48O4. The standard InChI is InChI=1S/C29H48O4/c1-19(7-6-13-28(3,4)33)25-10-11-26-23(15-21(12-14-30)18-29(25,26)5)9-8-22-16-24(31)17-27(32)20(22)2/h8-9,19,21,24-27,30-33H,2,6-7,10-18H2,1,3-5H3/b22-8+,23-9+/t19-,21+,24-,25-,26+,27+,29-/m1/s1. The van der Waals surface area contributed by atoms with E-state index in [9.17, 15) is 20.4 Å². The average molecular weight is 461 g/mol. The molecule has 0 heterocycles. The van der Waals surface area contributed by atoms with Gasteiger partial charge in [-0.1, -0.05) is 51.0 Å². The van der Waals surface area contributed by atoms with Crippen LogP contribution >= 0.6 is 0 Å². The van der Waals surface area contributed by atoms with Crippen molar-refractivity contribution < 1.29 is 20.4 Å². The zero-order chi connectivity index (χ0) is 24.4. The predicted octanol–water partition coefficient (Wildman–Crippen LogP) is 5.31. The van der Waals surface area contributed by atoms with Crippen molar-refractivity contribution in [2.45, 2.75) is 110 Å². The fraction of sp³-hybridized carbons (Fsp3) is 0.793. The highest BCUT2D eigenvalue weighted by Crippen LogP contribution is 2.61. The average Bonchev–Trinajstić information content (AvgIpc) is 3.05. The number of aliphatic hydroxyl groups excluding tert-OH is 3. The maximum absolute atomic E-state index is 10.2. The molecule has 0 aromatic rings. The second-order valence-electron chi connectivity index (χ2n) is 12.3. The van der Waals surface area contributed by atoms with Crippen LogP contribution in [0, 0.1) is 29.1 Å². The third-order valence-electron chi connectivity index (χ3n) is 9.05. The molecule has 0 spiro atoms. The van der Waals surface area contributed by atoms with Crippen molar-refractivity contribution >= 4 is 0 Å². The van der Waals surface area contributed by atoms with Gasteiger partial charge in [-0.15, -0.1) is 0 Å². The van der Waals surface area contributed by atoms with Crippen molar-refractivity contribution in [2.24, 2.45) is 29.1 Å². The van der Waals surface area contributed by atoms with Gasteiger partial charge in [-0.25, -0.2) is 0 Å². The van der Waals surface area contributed by atoms with E-state index in [4.69, 9.17) is 0 Å². The molecule has 0 saturated heterocycles. The fourth-order valence-electron chi connectivity index (χ4n) is 7.36. The largest absolute Gasteiger partial charge is 0.396 e. The summed E-state index contributed by atoms with van der Waals surface area (Å²) in [6, 6.07) is 0. The number of hydrogen-bond donors (Lipinski definition) is 4. The van der Waals surface area contributed by atoms with Crippen LogP contribution in [0.4, 0.5) is 0 Å². The van der Waals surface area contributed by atoms with Crippen molar-refractivity contribution in [1.82, 2.24) is 0 Å². The summed E-state index contributed by atoms with van der Waals surface area (Å²) in [7, 11) is 0. The molecule has 0 unspecified atom stereocenters. The third-order valence-corrected chi connectivity index (χ3v) is 9.05. The Kier molecular flexibility index (Phi) is 8.70. The molecule has 4 N–H and O–H groups in total. The molecule has 33 heavy (non-hydrogen) atoms. The first kappa shape index (κ1) is 26.7. The van der Waals surface area contributed by atoms with E-state index in [-0.39, 0.29) is 12.0 Å². The minimum atomic E-state index is -0.655. The van der Waals surface area contributed by atoms with Crippen LogP contribution in [0.2, 0.25) is 0 Å². The van der Waals surface area contributed by atoms with E-state index < -0.39 is 17.8 Å². The van der Waals surface area contributed by atoms with Gasteiger partial charge in [0.25, 0.3) is 0 Å². The second-order valence-corrected chi connectivity index (χ2v) is 12.3. The van der Waals surface area contributed by atoms with E-state index in [1.165, 1.54) is 24.8 Å². The molecule has 3 saturated carbocycles. The smallest absolute Gasteiger partial charge is 0.0811 e. The van der Waals surface area contributed by atoms with Crippen molar-refractivity contribution in [3.8, 4) is 0 Å². The van der Waals surface area contributed by atoms with Gasteiger partial charge in [0, 0.05) is 13.0 Å². The van der Waals surface area contributed by atoms with Crippen LogP contribution in [0.1, 0.15) is 91.9 Å². The molecule has 3 aliphatic carbocycles. The van der Waals surface area contributed by atoms with Crippen LogP contribution in [0.5, 0.6) is 0 Å². The van der Waals surface area contributed by atoms with Crippen LogP contribution in [-0.2, 0) is 0 Å². The van der Waals surface area contributed by atoms with Crippen molar-refractivity contribution in [1.29, 1.82) is 0 Å². The van der Waals surface area contributed by atoms with Crippen LogP contribution in [0.15, 0.2) is 35.5 Å². The lowest BCUT2D eigenvalue weighted by Gasteiger charge is -2.47. The lowest BCUT2D eigenvalue weighted by atomic mass is 9.57. The molecule has 0 aliphatic heterocycles. The first-order valence-electron chi connectivity index (χ1n) is 13.2. The monoisotopic (exact) mass is 460 g/mol. The molecule has 0 bridgehead atoms. The van der Waals surface area contributed by atoms with Crippen LogP contribution in [-0.4, -0.2) is 44.8 Å². The quantitative estimate of drug-likeness (QED) is 0.395. The maximum Gasteiger partial charge on any atom is 0.0811 e. The Morgan fingerprint density at radius 2 is 1.91 bits per heavy atom. The van der Waals surface area contributed by atoms with Crippen molar-refractivity contribution in [3.05, 3.63) is 35.5 Å². The van der Waals surface area contributed by atoms with Gasteiger partial charge in [0.15, 0.2) is 0 Å². The van der Waals surface area contributed by atoms with Gasteiger partial charge in [-0.2, -0.15) is 0 Å². The minimum absolute atomic E-state index is 0.235. The molecule has 188 valence electrons. The Morgan fingerprint density at radius 3 is 2.58 bits per heavy atom. The Morgan fingerprint density at radius 1 is 1.18 bits per heavy atom. The summed E-state index contributed by atoms with van der Waals surface area (Å²) in [5.74, 6) is 2.34. The predicted molar refractivity (Wildman–Crippen MR) is 135 cm³/mol. The Balaban J connectivity index is 1.80. The number of aliphatic hydroxyl groups is 4. The molecule has 7 atom stereocenters. The fourth-order valence-corrected chi connectivity index (χ4v) is 7.36. The van der Waals surface area contributed by atoms with E-state index in [1.807, 2.05) is 13.8 Å². The third kappa shape index (κ3) is 6.39. The molecule has 0 aromatic heterocycles. The zero-order valence-electron chi connectivity index (χ0n) is 21.4. The molecule has 0 aromatic carbocycles. The summed E-state index contributed by atoms with van der Waals surface area (Å²) in [4.78, 5) is 0. The van der Waals surface area contributed by atoms with Gasteiger partial charge in [-0.3, -0.25) is 0 Å². The van der Waals surface area contributed by atoms with E-state index >= 15 is 0 Å². The van der Waals surface area contributed by atoms with Gasteiger partial charge >= 0.3 is 0 Å². The first-order chi connectivity index (χ1) is 15.4. The van der Waals surface area contributed by atoms with Crippen molar-refractivity contribution in [2.75, 3.05) is 6.61 Å². The van der Waals surface area contributed by atoms with E-state index in [0.717, 1.165) is 43.3 Å². The second kappa shape index (κ2) is 10.8. The van der Waals surface area contributed by atoms with Gasteiger partial charge < -0.3 is 20.4 Å². The summed E-state index contributed by atoms with van der Waals surface area (Å²) in [6.07, 6.45) is 12.7. The molecule has 0 amide bonds. The van der Waals surface area contributed by atoms with E-state index in [1.54, 1.807) is 0 Å². The highest BCUT2D eigenvalue weighted by atomic mass is 16.3. The topological polar surface area (TPSA) is 80.9 Å². The van der Waals surface area contributed by atoms with Crippen molar-refractivity contribution in [3.63, 3.8) is 0 Å². The van der Waals surface area contributed by atoms with E-state index in [0.29, 0.717) is 36.5 Å². The minimum Gasteiger partial charge on any atom is -0.396 e. The summed E-state index contributed by atoms with van der Waals surface area (Å²) < 4.78 is 0. The first-order valence-corrected chi connectivity index (χ1v) is 13.2. The van der Waals surface area contributed by atoms with Crippen LogP contribution in [0.3, 0.4) is 0 Å². The number of hydrogen-bond acceptors (Lipinski definition) is 4. The summed E-state index contributed by atoms with van der Waals surface area (Å²) in [6.45, 7) is 13.0. The Hall–Kier alpha value is -0.940. The van der Waals surface area contributed by atoms with Gasteiger partial charge in [-0.05, 0) is 99.0 Å². The molecule has 3 fully saturated rings. The Bertz CT molecular complexity index is 745. The maximum atomic E-state index is 10.2. The zero-order valence-corrected chi connectivity index (χ0v) is 21.4. The number of fused-ring (bicyclic) bond motifs is 1. The van der Waals surface area contributed by atoms with E-state index in [2.05, 4.69) is 32.6 Å². The lowest BCUT2D eigenvalue weighted by molar-refractivity contribution is 0.0486. The summed E-state index contributed by atoms with van der Waals surface area (Å²) in [5, 5.41) is 40.1. The highest BCUT2D eigenvalue weighted by Gasteiger charge is 2.52. The Labute approximate surface area is 201 Å². The molecule has 4 heteroatoms. The summed E-state index contributed by atoms with van der Waals surface area (Å²) >= 11 is 0. The van der Waals surface area contributed by atoms with Gasteiger partial charge in [0.05, 0.1) is 17.8 Å². The number of allylic oxidation sites excluding steroid dienone is 3.